The number of hydrogen-bond donors (Lipinski definition) is 1. The largest absolute Gasteiger partial charge is 1.00 e. The molecule has 0 saturated heterocycles. The fourth-order valence-corrected chi connectivity index (χ4v) is 0.779. The number of benzene rings is 1. The van der Waals surface area contributed by atoms with Crippen molar-refractivity contribution in [3.8, 4) is 0 Å². The molecule has 1 aromatic rings. The van der Waals surface area contributed by atoms with Crippen molar-refractivity contribution in [3.05, 3.63) is 35.4 Å². The molecule has 1 rings (SSSR count). The van der Waals surface area contributed by atoms with E-state index in [0.29, 0.717) is 0 Å². The molecule has 0 aliphatic rings. The molecular weight excluding hydrogens is 246 g/mol. The molecule has 1 unspecified atom stereocenters. The van der Waals surface area contributed by atoms with E-state index in [0.717, 1.165) is 6.07 Å². The number of rotatable bonds is 2. The Kier molecular flexibility index (Phi) is 12.9. The monoisotopic (exact) mass is 256 g/mol. The SMILES string of the molecule is O.O=C([O-])c1cccc(C(=O)O)c1.P.[K+]. The predicted molar refractivity (Wildman–Crippen MR) is 52.5 cm³/mol. The summed E-state index contributed by atoms with van der Waals surface area (Å²) in [6.07, 6.45) is 0. The van der Waals surface area contributed by atoms with E-state index in [2.05, 4.69) is 0 Å². The zero-order chi connectivity index (χ0) is 9.14. The molecule has 0 saturated carbocycles. The Labute approximate surface area is 132 Å². The van der Waals surface area contributed by atoms with Gasteiger partial charge in [0.1, 0.15) is 0 Å². The Bertz CT molecular complexity index is 312. The second-order valence-electron chi connectivity index (χ2n) is 2.17. The molecule has 0 amide bonds. The van der Waals surface area contributed by atoms with E-state index in [1.807, 2.05) is 0 Å². The van der Waals surface area contributed by atoms with E-state index in [1.54, 1.807) is 0 Å². The van der Waals surface area contributed by atoms with Crippen molar-refractivity contribution in [1.82, 2.24) is 0 Å². The predicted octanol–water partition coefficient (Wildman–Crippen LogP) is -4.01. The zero-order valence-electron chi connectivity index (χ0n) is 8.19. The normalized spacial score (nSPS) is 7.47. The van der Waals surface area contributed by atoms with E-state index in [9.17, 15) is 14.7 Å². The molecule has 0 bridgehead atoms. The smallest absolute Gasteiger partial charge is 0.545 e. The molecule has 1 atom stereocenters. The van der Waals surface area contributed by atoms with Gasteiger partial charge in [0.2, 0.25) is 0 Å². The minimum Gasteiger partial charge on any atom is -0.545 e. The van der Waals surface area contributed by atoms with Crippen molar-refractivity contribution in [1.29, 1.82) is 0 Å². The fraction of sp³-hybridized carbons (Fsp3) is 0. The van der Waals surface area contributed by atoms with E-state index < -0.39 is 11.9 Å². The zero-order valence-corrected chi connectivity index (χ0v) is 12.7. The van der Waals surface area contributed by atoms with Crippen LogP contribution in [0, 0.1) is 0 Å². The van der Waals surface area contributed by atoms with Crippen LogP contribution in [0.2, 0.25) is 0 Å². The molecular formula is C8H10KO5P. The molecule has 7 heteroatoms. The van der Waals surface area contributed by atoms with Crippen molar-refractivity contribution in [2.45, 2.75) is 0 Å². The van der Waals surface area contributed by atoms with Gasteiger partial charge in [0.15, 0.2) is 0 Å². The maximum Gasteiger partial charge on any atom is 1.00 e. The standard InChI is InChI=1S/C8H6O4.K.H2O.H3P/c9-7(10)5-2-1-3-6(4-5)8(11)12;;;/h1-4H,(H,9,10)(H,11,12);;1H2;1H3/q;+1;;/p-1. The Morgan fingerprint density at radius 3 is 2.07 bits per heavy atom. The molecule has 0 aliphatic heterocycles. The van der Waals surface area contributed by atoms with E-state index in [-0.39, 0.29) is 77.9 Å². The van der Waals surface area contributed by atoms with Crippen LogP contribution < -0.4 is 56.5 Å². The van der Waals surface area contributed by atoms with Gasteiger partial charge >= 0.3 is 57.4 Å². The fourth-order valence-electron chi connectivity index (χ4n) is 0.779. The number of carboxylic acids is 2. The van der Waals surface area contributed by atoms with Gasteiger partial charge in [-0.15, -0.1) is 0 Å². The van der Waals surface area contributed by atoms with Crippen LogP contribution >= 0.6 is 9.90 Å². The first kappa shape index (κ1) is 20.6. The average Bonchev–Trinajstić information content (AvgIpc) is 2.04. The molecule has 1 aromatic carbocycles. The van der Waals surface area contributed by atoms with Crippen LogP contribution in [0.25, 0.3) is 0 Å². The molecule has 0 fully saturated rings. The molecule has 3 N–H and O–H groups in total. The van der Waals surface area contributed by atoms with Gasteiger partial charge in [-0.1, -0.05) is 12.1 Å². The Morgan fingerprint density at radius 1 is 1.20 bits per heavy atom. The molecule has 15 heavy (non-hydrogen) atoms. The van der Waals surface area contributed by atoms with Crippen LogP contribution in [0.15, 0.2) is 24.3 Å². The van der Waals surface area contributed by atoms with Gasteiger partial charge in [-0.2, -0.15) is 9.90 Å². The minimum atomic E-state index is -1.38. The van der Waals surface area contributed by atoms with Gasteiger partial charge in [-0.05, 0) is 17.7 Å². The van der Waals surface area contributed by atoms with Crippen molar-refractivity contribution >= 4 is 21.8 Å². The van der Waals surface area contributed by atoms with Crippen LogP contribution in [0.3, 0.4) is 0 Å². The molecule has 0 aliphatic carbocycles. The van der Waals surface area contributed by atoms with Crippen LogP contribution in [-0.4, -0.2) is 22.5 Å². The van der Waals surface area contributed by atoms with Gasteiger partial charge in [0.25, 0.3) is 0 Å². The first-order valence-electron chi connectivity index (χ1n) is 3.16. The summed E-state index contributed by atoms with van der Waals surface area (Å²) in [6, 6.07) is 5.00. The molecule has 0 heterocycles. The summed E-state index contributed by atoms with van der Waals surface area (Å²) in [5.41, 5.74) is -0.188. The topological polar surface area (TPSA) is 109 Å². The van der Waals surface area contributed by atoms with Crippen LogP contribution in [0.1, 0.15) is 20.7 Å². The molecule has 0 aromatic heterocycles. The van der Waals surface area contributed by atoms with E-state index >= 15 is 0 Å². The minimum absolute atomic E-state index is 0. The summed E-state index contributed by atoms with van der Waals surface area (Å²) in [5, 5.41) is 18.7. The quantitative estimate of drug-likeness (QED) is 0.429. The number of hydrogen-bond acceptors (Lipinski definition) is 3. The summed E-state index contributed by atoms with van der Waals surface area (Å²) >= 11 is 0. The van der Waals surface area contributed by atoms with Crippen LogP contribution in [0.5, 0.6) is 0 Å². The second-order valence-corrected chi connectivity index (χ2v) is 2.17. The van der Waals surface area contributed by atoms with Crippen molar-refractivity contribution < 1.29 is 76.7 Å². The molecule has 0 spiro atoms. The van der Waals surface area contributed by atoms with Crippen LogP contribution in [-0.2, 0) is 0 Å². The van der Waals surface area contributed by atoms with Gasteiger partial charge in [-0.3, -0.25) is 0 Å². The molecule has 78 valence electrons. The Morgan fingerprint density at radius 2 is 1.67 bits per heavy atom. The number of carboxylic acid groups (broad SMARTS) is 2. The van der Waals surface area contributed by atoms with Gasteiger partial charge < -0.3 is 20.5 Å². The molecule has 0 radical (unpaired) electrons. The van der Waals surface area contributed by atoms with E-state index in [1.165, 1.54) is 18.2 Å². The first-order chi connectivity index (χ1) is 5.61. The Hall–Kier alpha value is 0.186. The van der Waals surface area contributed by atoms with Crippen molar-refractivity contribution in [2.24, 2.45) is 0 Å². The Balaban J connectivity index is -0.000000480. The molecule has 5 nitrogen and oxygen atoms in total. The second kappa shape index (κ2) is 9.42. The third kappa shape index (κ3) is 6.37. The number of carbonyl (C=O) groups excluding carboxylic acids is 1. The first-order valence-corrected chi connectivity index (χ1v) is 3.16. The number of carbonyl (C=O) groups is 2. The van der Waals surface area contributed by atoms with Gasteiger partial charge in [0, 0.05) is 0 Å². The van der Waals surface area contributed by atoms with Crippen molar-refractivity contribution in [3.63, 3.8) is 0 Å². The summed E-state index contributed by atoms with van der Waals surface area (Å²) in [4.78, 5) is 20.6. The average molecular weight is 256 g/mol. The van der Waals surface area contributed by atoms with Gasteiger partial charge in [-0.25, -0.2) is 4.79 Å². The summed E-state index contributed by atoms with van der Waals surface area (Å²) in [5.74, 6) is -2.53. The van der Waals surface area contributed by atoms with Crippen LogP contribution in [0.4, 0.5) is 0 Å². The third-order valence-electron chi connectivity index (χ3n) is 1.35. The maximum absolute atomic E-state index is 10.4. The third-order valence-corrected chi connectivity index (χ3v) is 1.35. The number of aromatic carboxylic acids is 2. The summed E-state index contributed by atoms with van der Waals surface area (Å²) in [6.45, 7) is 0. The van der Waals surface area contributed by atoms with E-state index in [4.69, 9.17) is 5.11 Å². The maximum atomic E-state index is 10.4. The summed E-state index contributed by atoms with van der Waals surface area (Å²) < 4.78 is 0. The van der Waals surface area contributed by atoms with Crippen molar-refractivity contribution in [2.75, 3.05) is 0 Å². The van der Waals surface area contributed by atoms with Gasteiger partial charge in [0.05, 0.1) is 11.5 Å². The summed E-state index contributed by atoms with van der Waals surface area (Å²) in [7, 11) is 0.